The zero-order valence-corrected chi connectivity index (χ0v) is 12.7. The van der Waals surface area contributed by atoms with E-state index in [1.54, 1.807) is 26.8 Å². The number of carboxylic acids is 1. The second kappa shape index (κ2) is 7.97. The number of carbonyl (C=O) groups is 3. The second-order valence-corrected chi connectivity index (χ2v) is 4.54. The zero-order chi connectivity index (χ0) is 16.7. The Kier molecular flexibility index (Phi) is 6.31. The molecule has 6 nitrogen and oxygen atoms in total. The third-order valence-electron chi connectivity index (χ3n) is 2.93. The molecule has 6 heteroatoms. The van der Waals surface area contributed by atoms with E-state index in [2.05, 4.69) is 0 Å². The van der Waals surface area contributed by atoms with Crippen LogP contribution in [0.5, 0.6) is 0 Å². The lowest BCUT2D eigenvalue weighted by Gasteiger charge is -2.14. The van der Waals surface area contributed by atoms with Crippen LogP contribution < -0.4 is 0 Å². The lowest BCUT2D eigenvalue weighted by Crippen LogP contribution is -2.19. The number of benzene rings is 1. The molecule has 1 rings (SSSR count). The monoisotopic (exact) mass is 306 g/mol. The van der Waals surface area contributed by atoms with Gasteiger partial charge in [-0.25, -0.2) is 14.4 Å². The molecule has 1 aromatic carbocycles. The average molecular weight is 306 g/mol. The lowest BCUT2D eigenvalue weighted by molar-refractivity contribution is -0.137. The Morgan fingerprint density at radius 2 is 1.82 bits per heavy atom. The minimum Gasteiger partial charge on any atom is -0.478 e. The smallest absolute Gasteiger partial charge is 0.339 e. The summed E-state index contributed by atoms with van der Waals surface area (Å²) < 4.78 is 9.96. The van der Waals surface area contributed by atoms with Crippen molar-refractivity contribution >= 4 is 17.9 Å². The van der Waals surface area contributed by atoms with Gasteiger partial charge in [-0.3, -0.25) is 0 Å². The van der Waals surface area contributed by atoms with Crippen LogP contribution in [-0.2, 0) is 14.3 Å². The molecule has 0 radical (unpaired) electrons. The summed E-state index contributed by atoms with van der Waals surface area (Å²) in [7, 11) is 0. The van der Waals surface area contributed by atoms with Gasteiger partial charge in [0.15, 0.2) is 0 Å². The molecule has 1 aromatic rings. The molecule has 1 atom stereocenters. The molecule has 118 valence electrons. The van der Waals surface area contributed by atoms with Crippen LogP contribution in [0.4, 0.5) is 0 Å². The molecule has 0 unspecified atom stereocenters. The highest BCUT2D eigenvalue weighted by molar-refractivity contribution is 6.02. The van der Waals surface area contributed by atoms with Crippen molar-refractivity contribution in [2.24, 2.45) is 0 Å². The topological polar surface area (TPSA) is 89.9 Å². The molecule has 22 heavy (non-hydrogen) atoms. The van der Waals surface area contributed by atoms with Gasteiger partial charge in [0.25, 0.3) is 0 Å². The first-order chi connectivity index (χ1) is 10.4. The quantitative estimate of drug-likeness (QED) is 0.641. The van der Waals surface area contributed by atoms with Crippen molar-refractivity contribution in [3.63, 3.8) is 0 Å². The van der Waals surface area contributed by atoms with Crippen LogP contribution in [0.3, 0.4) is 0 Å². The number of carbonyl (C=O) groups excluding carboxylic acids is 2. The molecule has 0 heterocycles. The van der Waals surface area contributed by atoms with Crippen LogP contribution in [0, 0.1) is 0 Å². The lowest BCUT2D eigenvalue weighted by atomic mass is 10.1. The molecule has 0 fully saturated rings. The Hall–Kier alpha value is -2.63. The van der Waals surface area contributed by atoms with Crippen molar-refractivity contribution in [1.82, 2.24) is 0 Å². The number of rotatable bonds is 6. The Bertz CT molecular complexity index is 602. The second-order valence-electron chi connectivity index (χ2n) is 4.54. The van der Waals surface area contributed by atoms with Gasteiger partial charge >= 0.3 is 17.9 Å². The van der Waals surface area contributed by atoms with Crippen molar-refractivity contribution in [3.8, 4) is 0 Å². The van der Waals surface area contributed by atoms with Crippen LogP contribution in [0.1, 0.15) is 41.5 Å². The van der Waals surface area contributed by atoms with Gasteiger partial charge in [-0.15, -0.1) is 0 Å². The third kappa shape index (κ3) is 4.73. The summed E-state index contributed by atoms with van der Waals surface area (Å²) in [5.41, 5.74) is 0.331. The number of hydrogen-bond acceptors (Lipinski definition) is 5. The number of aromatic carboxylic acids is 1. The molecule has 0 amide bonds. The fraction of sp³-hybridized carbons (Fsp3) is 0.312. The van der Waals surface area contributed by atoms with Crippen molar-refractivity contribution in [2.75, 3.05) is 6.61 Å². The molecule has 0 aliphatic heterocycles. The summed E-state index contributed by atoms with van der Waals surface area (Å²) in [6.07, 6.45) is 0.559. The van der Waals surface area contributed by atoms with E-state index in [1.807, 2.05) is 0 Å². The first kappa shape index (κ1) is 17.4. The molecule has 1 N–H and O–H groups in total. The van der Waals surface area contributed by atoms with E-state index in [4.69, 9.17) is 14.6 Å². The summed E-state index contributed by atoms with van der Waals surface area (Å²) in [4.78, 5) is 34.5. The summed E-state index contributed by atoms with van der Waals surface area (Å²) in [5.74, 6) is -2.49. The third-order valence-corrected chi connectivity index (χ3v) is 2.93. The summed E-state index contributed by atoms with van der Waals surface area (Å²) in [5, 5.41) is 9.06. The van der Waals surface area contributed by atoms with Gasteiger partial charge in [0.05, 0.1) is 17.7 Å². The largest absolute Gasteiger partial charge is 0.478 e. The molecule has 0 spiro atoms. The Labute approximate surface area is 128 Å². The first-order valence-electron chi connectivity index (χ1n) is 6.75. The van der Waals surface area contributed by atoms with E-state index in [9.17, 15) is 14.4 Å². The van der Waals surface area contributed by atoms with Gasteiger partial charge in [-0.1, -0.05) is 12.1 Å². The standard InChI is InChI=1S/C16H18O6/c1-4-21-14(17)9-10(2)11(3)22-16(20)13-8-6-5-7-12(13)15(18)19/h5-9,11H,4H2,1-3H3,(H,18,19)/b10-9+/t11-/m0/s1. The van der Waals surface area contributed by atoms with E-state index in [0.29, 0.717) is 5.57 Å². The SMILES string of the molecule is CCOC(=O)/C=C(\C)[C@H](C)OC(=O)c1ccccc1C(=O)O. The van der Waals surface area contributed by atoms with Gasteiger partial charge in [0.2, 0.25) is 0 Å². The predicted molar refractivity (Wildman–Crippen MR) is 78.7 cm³/mol. The molecule has 0 aromatic heterocycles. The molecule has 0 saturated carbocycles. The van der Waals surface area contributed by atoms with Gasteiger partial charge in [0.1, 0.15) is 6.10 Å². The molecular weight excluding hydrogens is 288 g/mol. The first-order valence-corrected chi connectivity index (χ1v) is 6.75. The average Bonchev–Trinajstić information content (AvgIpc) is 2.47. The maximum absolute atomic E-state index is 12.1. The van der Waals surface area contributed by atoms with Crippen LogP contribution in [-0.4, -0.2) is 35.7 Å². The number of hydrogen-bond donors (Lipinski definition) is 1. The fourth-order valence-corrected chi connectivity index (χ4v) is 1.65. The van der Waals surface area contributed by atoms with Crippen LogP contribution >= 0.6 is 0 Å². The predicted octanol–water partition coefficient (Wildman–Crippen LogP) is 2.44. The van der Waals surface area contributed by atoms with E-state index >= 15 is 0 Å². The Morgan fingerprint density at radius 3 is 2.36 bits per heavy atom. The molecule has 0 saturated heterocycles. The Balaban J connectivity index is 2.85. The normalized spacial score (nSPS) is 12.4. The number of carboxylic acid groups (broad SMARTS) is 1. The fourth-order valence-electron chi connectivity index (χ4n) is 1.65. The number of esters is 2. The number of ether oxygens (including phenoxy) is 2. The minimum atomic E-state index is -1.21. The molecular formula is C16H18O6. The van der Waals surface area contributed by atoms with Gasteiger partial charge < -0.3 is 14.6 Å². The molecule has 0 aliphatic rings. The highest BCUT2D eigenvalue weighted by atomic mass is 16.5. The molecule has 0 bridgehead atoms. The minimum absolute atomic E-state index is 0.0363. The van der Waals surface area contributed by atoms with Crippen LogP contribution in [0.2, 0.25) is 0 Å². The highest BCUT2D eigenvalue weighted by Gasteiger charge is 2.20. The van der Waals surface area contributed by atoms with E-state index < -0.39 is 24.0 Å². The maximum atomic E-state index is 12.1. The van der Waals surface area contributed by atoms with Gasteiger partial charge in [0, 0.05) is 6.08 Å². The van der Waals surface area contributed by atoms with Gasteiger partial charge in [-0.2, -0.15) is 0 Å². The summed E-state index contributed by atoms with van der Waals surface area (Å²) in [6.45, 7) is 5.15. The van der Waals surface area contributed by atoms with E-state index in [1.165, 1.54) is 24.3 Å². The Morgan fingerprint density at radius 1 is 1.23 bits per heavy atom. The highest BCUT2D eigenvalue weighted by Crippen LogP contribution is 2.14. The maximum Gasteiger partial charge on any atom is 0.339 e. The van der Waals surface area contributed by atoms with Crippen molar-refractivity contribution in [2.45, 2.75) is 26.9 Å². The van der Waals surface area contributed by atoms with E-state index in [-0.39, 0.29) is 17.7 Å². The van der Waals surface area contributed by atoms with Crippen LogP contribution in [0.15, 0.2) is 35.9 Å². The zero-order valence-electron chi connectivity index (χ0n) is 12.7. The van der Waals surface area contributed by atoms with Crippen molar-refractivity contribution in [1.29, 1.82) is 0 Å². The van der Waals surface area contributed by atoms with Gasteiger partial charge in [-0.05, 0) is 38.5 Å². The van der Waals surface area contributed by atoms with E-state index in [0.717, 1.165) is 0 Å². The van der Waals surface area contributed by atoms with Crippen LogP contribution in [0.25, 0.3) is 0 Å². The summed E-state index contributed by atoms with van der Waals surface area (Å²) in [6, 6.07) is 5.78. The van der Waals surface area contributed by atoms with Crippen molar-refractivity contribution in [3.05, 3.63) is 47.0 Å². The molecule has 0 aliphatic carbocycles. The summed E-state index contributed by atoms with van der Waals surface area (Å²) >= 11 is 0. The van der Waals surface area contributed by atoms with Crippen molar-refractivity contribution < 1.29 is 29.0 Å².